The summed E-state index contributed by atoms with van der Waals surface area (Å²) < 4.78 is 6.15. The Labute approximate surface area is 230 Å². The maximum absolute atomic E-state index is 10.4. The van der Waals surface area contributed by atoms with Crippen LogP contribution in [-0.2, 0) is 6.54 Å². The zero-order valence-corrected chi connectivity index (χ0v) is 24.4. The molecule has 1 saturated carbocycles. The standard InChI is InChI=1S/C30H41BrN4O2/c1-19(20(2)29-33-26-9-7-6-8-23(26)30(34-29)35(3)4)16-21-10-12-22(13-11-21)17-32-18-24-25(31)14-15-27(37-5)28(24)36/h6-9,14-15,19-22,32,36H,10-13,16-18H2,1-5H3/t19-,20+,21?,22?/m1/s1. The number of halogens is 1. The lowest BCUT2D eigenvalue weighted by atomic mass is 9.76. The molecule has 2 atom stereocenters. The average Bonchev–Trinajstić information content (AvgIpc) is 2.90. The zero-order valence-electron chi connectivity index (χ0n) is 22.8. The van der Waals surface area contributed by atoms with Gasteiger partial charge in [-0.05, 0) is 67.8 Å². The predicted molar refractivity (Wildman–Crippen MR) is 156 cm³/mol. The van der Waals surface area contributed by atoms with Crippen LogP contribution in [-0.4, -0.2) is 42.8 Å². The predicted octanol–water partition coefficient (Wildman–Crippen LogP) is 6.90. The van der Waals surface area contributed by atoms with Crippen LogP contribution in [0.3, 0.4) is 0 Å². The molecule has 0 spiro atoms. The third-order valence-corrected chi connectivity index (χ3v) is 8.84. The van der Waals surface area contributed by atoms with Gasteiger partial charge in [0.25, 0.3) is 0 Å². The van der Waals surface area contributed by atoms with Crippen molar-refractivity contribution in [3.8, 4) is 11.5 Å². The highest BCUT2D eigenvalue weighted by atomic mass is 79.9. The fourth-order valence-electron chi connectivity index (χ4n) is 5.60. The largest absolute Gasteiger partial charge is 0.504 e. The Morgan fingerprint density at radius 3 is 2.46 bits per heavy atom. The Morgan fingerprint density at radius 2 is 1.76 bits per heavy atom. The lowest BCUT2D eigenvalue weighted by Gasteiger charge is -2.32. The van der Waals surface area contributed by atoms with E-state index in [1.54, 1.807) is 13.2 Å². The topological polar surface area (TPSA) is 70.5 Å². The molecule has 1 heterocycles. The third kappa shape index (κ3) is 6.55. The molecule has 0 aliphatic heterocycles. The summed E-state index contributed by atoms with van der Waals surface area (Å²) >= 11 is 3.55. The van der Waals surface area contributed by atoms with E-state index in [0.717, 1.165) is 45.0 Å². The molecule has 0 unspecified atom stereocenters. The quantitative estimate of drug-likeness (QED) is 0.277. The molecular formula is C30H41BrN4O2. The van der Waals surface area contributed by atoms with Crippen molar-refractivity contribution >= 4 is 32.7 Å². The highest BCUT2D eigenvalue weighted by molar-refractivity contribution is 9.10. The van der Waals surface area contributed by atoms with E-state index < -0.39 is 0 Å². The summed E-state index contributed by atoms with van der Waals surface area (Å²) in [5, 5.41) is 15.1. The van der Waals surface area contributed by atoms with Crippen molar-refractivity contribution in [3.63, 3.8) is 0 Å². The molecule has 0 radical (unpaired) electrons. The monoisotopic (exact) mass is 568 g/mol. The van der Waals surface area contributed by atoms with E-state index in [1.807, 2.05) is 6.07 Å². The summed E-state index contributed by atoms with van der Waals surface area (Å²) in [6.45, 7) is 6.25. The van der Waals surface area contributed by atoms with Crippen molar-refractivity contribution in [2.45, 2.75) is 58.4 Å². The lowest BCUT2D eigenvalue weighted by Crippen LogP contribution is -2.27. The van der Waals surface area contributed by atoms with Crippen LogP contribution >= 0.6 is 15.9 Å². The molecule has 2 aromatic carbocycles. The van der Waals surface area contributed by atoms with E-state index in [9.17, 15) is 5.11 Å². The van der Waals surface area contributed by atoms with E-state index in [2.05, 4.69) is 78.4 Å². The van der Waals surface area contributed by atoms with Crippen molar-refractivity contribution < 1.29 is 9.84 Å². The summed E-state index contributed by atoms with van der Waals surface area (Å²) in [4.78, 5) is 12.0. The molecule has 0 bridgehead atoms. The first-order chi connectivity index (χ1) is 17.8. The number of methoxy groups -OCH3 is 1. The van der Waals surface area contributed by atoms with E-state index in [1.165, 1.54) is 32.1 Å². The molecule has 1 fully saturated rings. The van der Waals surface area contributed by atoms with Crippen LogP contribution < -0.4 is 15.0 Å². The van der Waals surface area contributed by atoms with Gasteiger partial charge in [0, 0.05) is 42.0 Å². The number of hydrogen-bond acceptors (Lipinski definition) is 6. The number of nitrogens with zero attached hydrogens (tertiary/aromatic N) is 3. The zero-order chi connectivity index (χ0) is 26.5. The van der Waals surface area contributed by atoms with Crippen molar-refractivity contribution in [2.75, 3.05) is 32.6 Å². The number of hydrogen-bond donors (Lipinski definition) is 2. The number of benzene rings is 2. The second-order valence-corrected chi connectivity index (χ2v) is 11.8. The minimum atomic E-state index is 0.212. The number of nitrogens with one attached hydrogen (secondary N) is 1. The highest BCUT2D eigenvalue weighted by Crippen LogP contribution is 2.38. The number of aromatic nitrogens is 2. The Hall–Kier alpha value is -2.38. The molecular weight excluding hydrogens is 528 g/mol. The van der Waals surface area contributed by atoms with Crippen molar-refractivity contribution in [2.24, 2.45) is 17.8 Å². The van der Waals surface area contributed by atoms with Gasteiger partial charge in [-0.3, -0.25) is 0 Å². The minimum Gasteiger partial charge on any atom is -0.504 e. The summed E-state index contributed by atoms with van der Waals surface area (Å²) in [5.41, 5.74) is 1.88. The minimum absolute atomic E-state index is 0.212. The lowest BCUT2D eigenvalue weighted by molar-refractivity contribution is 0.226. The Morgan fingerprint density at radius 1 is 1.05 bits per heavy atom. The van der Waals surface area contributed by atoms with E-state index in [-0.39, 0.29) is 5.75 Å². The second kappa shape index (κ2) is 12.4. The van der Waals surface area contributed by atoms with Crippen molar-refractivity contribution in [3.05, 3.63) is 52.3 Å². The summed E-state index contributed by atoms with van der Waals surface area (Å²) in [5.74, 6) is 4.98. The molecule has 1 aromatic heterocycles. The molecule has 200 valence electrons. The molecule has 37 heavy (non-hydrogen) atoms. The van der Waals surface area contributed by atoms with Gasteiger partial charge >= 0.3 is 0 Å². The first-order valence-electron chi connectivity index (χ1n) is 13.5. The van der Waals surface area contributed by atoms with Crippen LogP contribution in [0.15, 0.2) is 40.9 Å². The number of phenols is 1. The van der Waals surface area contributed by atoms with Gasteiger partial charge in [-0.15, -0.1) is 0 Å². The number of anilines is 1. The Balaban J connectivity index is 1.28. The number of para-hydroxylation sites is 1. The van der Waals surface area contributed by atoms with Gasteiger partial charge in [0.05, 0.1) is 12.6 Å². The molecule has 0 saturated heterocycles. The van der Waals surface area contributed by atoms with Crippen LogP contribution in [0, 0.1) is 17.8 Å². The highest BCUT2D eigenvalue weighted by Gasteiger charge is 2.26. The smallest absolute Gasteiger partial charge is 0.163 e. The van der Waals surface area contributed by atoms with E-state index in [4.69, 9.17) is 14.7 Å². The van der Waals surface area contributed by atoms with Crippen molar-refractivity contribution in [1.82, 2.24) is 15.3 Å². The summed E-state index contributed by atoms with van der Waals surface area (Å²) in [6.07, 6.45) is 6.28. The van der Waals surface area contributed by atoms with Gasteiger partial charge in [0.1, 0.15) is 11.6 Å². The van der Waals surface area contributed by atoms with Gasteiger partial charge in [-0.1, -0.05) is 54.8 Å². The summed E-state index contributed by atoms with van der Waals surface area (Å²) in [6, 6.07) is 12.0. The first kappa shape index (κ1) is 27.6. The van der Waals surface area contributed by atoms with Crippen LogP contribution in [0.2, 0.25) is 0 Å². The SMILES string of the molecule is COc1ccc(Br)c(CNCC2CCC(C[C@@H](C)[C@H](C)c3nc(N(C)C)c4ccccc4n3)CC2)c1O. The van der Waals surface area contributed by atoms with E-state index in [0.29, 0.717) is 30.0 Å². The van der Waals surface area contributed by atoms with Gasteiger partial charge in [0.2, 0.25) is 0 Å². The average molecular weight is 570 g/mol. The van der Waals surface area contributed by atoms with Gasteiger partial charge < -0.3 is 20.1 Å². The maximum Gasteiger partial charge on any atom is 0.163 e. The maximum atomic E-state index is 10.4. The molecule has 4 rings (SSSR count). The number of aromatic hydroxyl groups is 1. The Kier molecular flexibility index (Phi) is 9.30. The fourth-order valence-corrected chi connectivity index (χ4v) is 6.06. The van der Waals surface area contributed by atoms with Gasteiger partial charge in [-0.2, -0.15) is 0 Å². The molecule has 3 aromatic rings. The molecule has 0 amide bonds. The number of rotatable bonds is 10. The first-order valence-corrected chi connectivity index (χ1v) is 14.3. The molecule has 1 aliphatic rings. The summed E-state index contributed by atoms with van der Waals surface area (Å²) in [7, 11) is 5.69. The van der Waals surface area contributed by atoms with Crippen LogP contribution in [0.25, 0.3) is 10.9 Å². The van der Waals surface area contributed by atoms with Crippen LogP contribution in [0.4, 0.5) is 5.82 Å². The molecule has 7 heteroatoms. The second-order valence-electron chi connectivity index (χ2n) is 10.9. The molecule has 6 nitrogen and oxygen atoms in total. The fraction of sp³-hybridized carbons (Fsp3) is 0.533. The third-order valence-electron chi connectivity index (χ3n) is 8.10. The Bertz CT molecular complexity index is 1190. The number of ether oxygens (including phenoxy) is 1. The molecule has 1 aliphatic carbocycles. The van der Waals surface area contributed by atoms with Crippen LogP contribution in [0.1, 0.15) is 63.3 Å². The number of fused-ring (bicyclic) bond motifs is 1. The van der Waals surface area contributed by atoms with Gasteiger partial charge in [-0.25, -0.2) is 9.97 Å². The van der Waals surface area contributed by atoms with Gasteiger partial charge in [0.15, 0.2) is 11.5 Å². The molecule has 2 N–H and O–H groups in total. The normalized spacial score (nSPS) is 19.5. The van der Waals surface area contributed by atoms with Crippen LogP contribution in [0.5, 0.6) is 11.5 Å². The van der Waals surface area contributed by atoms with E-state index >= 15 is 0 Å². The van der Waals surface area contributed by atoms with Crippen molar-refractivity contribution in [1.29, 1.82) is 0 Å². The number of phenolic OH excluding ortho intramolecular Hbond substituents is 1.